The van der Waals surface area contributed by atoms with Crippen molar-refractivity contribution in [3.05, 3.63) is 0 Å². The Balaban J connectivity index is 2.36. The van der Waals surface area contributed by atoms with Crippen LogP contribution in [0.15, 0.2) is 0 Å². The Morgan fingerprint density at radius 3 is 2.84 bits per heavy atom. The Morgan fingerprint density at radius 2 is 2.16 bits per heavy atom. The molecule has 1 rings (SSSR count). The van der Waals surface area contributed by atoms with Crippen molar-refractivity contribution in [1.82, 2.24) is 4.90 Å². The summed E-state index contributed by atoms with van der Waals surface area (Å²) in [6, 6.07) is 0. The van der Waals surface area contributed by atoms with Gasteiger partial charge in [-0.3, -0.25) is 9.59 Å². The number of thioether (sulfide) groups is 1. The van der Waals surface area contributed by atoms with Crippen molar-refractivity contribution in [1.29, 1.82) is 0 Å². The first-order valence-electron chi connectivity index (χ1n) is 6.69. The van der Waals surface area contributed by atoms with Gasteiger partial charge in [-0.05, 0) is 25.2 Å². The van der Waals surface area contributed by atoms with E-state index in [1.54, 1.807) is 7.11 Å². The average molecular weight is 289 g/mol. The number of ether oxygens (including phenoxy) is 1. The molecule has 6 heteroatoms. The topological polar surface area (TPSA) is 66.8 Å². The van der Waals surface area contributed by atoms with Gasteiger partial charge in [-0.2, -0.15) is 0 Å². The van der Waals surface area contributed by atoms with Gasteiger partial charge >= 0.3 is 5.97 Å². The van der Waals surface area contributed by atoms with E-state index >= 15 is 0 Å². The third kappa shape index (κ3) is 6.82. The van der Waals surface area contributed by atoms with Crippen LogP contribution < -0.4 is 0 Å². The van der Waals surface area contributed by atoms with E-state index in [9.17, 15) is 9.59 Å². The van der Waals surface area contributed by atoms with Gasteiger partial charge in [0.2, 0.25) is 5.91 Å². The van der Waals surface area contributed by atoms with Gasteiger partial charge < -0.3 is 14.7 Å². The molecule has 0 aromatic heterocycles. The quantitative estimate of drug-likeness (QED) is 0.769. The van der Waals surface area contributed by atoms with Crippen molar-refractivity contribution in [2.45, 2.75) is 25.7 Å². The fourth-order valence-corrected chi connectivity index (χ4v) is 2.93. The number of likely N-dealkylation sites (tertiary alicyclic amines) is 1. The molecule has 1 fully saturated rings. The summed E-state index contributed by atoms with van der Waals surface area (Å²) in [6.07, 6.45) is 4.33. The number of carbonyl (C=O) groups excluding carboxylic acids is 1. The monoisotopic (exact) mass is 289 g/mol. The smallest absolute Gasteiger partial charge is 0.313 e. The summed E-state index contributed by atoms with van der Waals surface area (Å²) in [6.45, 7) is 2.33. The maximum Gasteiger partial charge on any atom is 0.313 e. The molecular formula is C13H23NO4S. The molecule has 0 aliphatic carbocycles. The molecule has 1 atom stereocenters. The molecule has 0 aromatic rings. The van der Waals surface area contributed by atoms with Gasteiger partial charge in [-0.1, -0.05) is 6.42 Å². The van der Waals surface area contributed by atoms with Crippen LogP contribution in [0, 0.1) is 5.92 Å². The van der Waals surface area contributed by atoms with Gasteiger partial charge in [0.15, 0.2) is 0 Å². The van der Waals surface area contributed by atoms with Crippen LogP contribution in [0.1, 0.15) is 25.7 Å². The lowest BCUT2D eigenvalue weighted by Crippen LogP contribution is -2.36. The van der Waals surface area contributed by atoms with Gasteiger partial charge in [0.1, 0.15) is 0 Å². The van der Waals surface area contributed by atoms with Crippen LogP contribution in [-0.4, -0.2) is 60.2 Å². The first kappa shape index (κ1) is 16.3. The van der Waals surface area contributed by atoms with Crippen molar-refractivity contribution >= 4 is 23.6 Å². The van der Waals surface area contributed by atoms with Crippen LogP contribution in [-0.2, 0) is 14.3 Å². The molecule has 110 valence electrons. The number of carbonyl (C=O) groups is 2. The van der Waals surface area contributed by atoms with Crippen LogP contribution in [0.25, 0.3) is 0 Å². The number of nitrogens with zero attached hydrogens (tertiary/aromatic N) is 1. The zero-order valence-corrected chi connectivity index (χ0v) is 12.3. The van der Waals surface area contributed by atoms with Crippen LogP contribution in [0.4, 0.5) is 0 Å². The zero-order valence-electron chi connectivity index (χ0n) is 11.5. The van der Waals surface area contributed by atoms with E-state index < -0.39 is 5.97 Å². The van der Waals surface area contributed by atoms with E-state index in [2.05, 4.69) is 0 Å². The highest BCUT2D eigenvalue weighted by molar-refractivity contribution is 8.00. The lowest BCUT2D eigenvalue weighted by molar-refractivity contribution is -0.133. The Bertz CT molecular complexity index is 298. The number of hydrogen-bond donors (Lipinski definition) is 1. The van der Waals surface area contributed by atoms with Crippen LogP contribution in [0.2, 0.25) is 0 Å². The number of carboxylic acid groups (broad SMARTS) is 1. The minimum Gasteiger partial charge on any atom is -0.481 e. The predicted molar refractivity (Wildman–Crippen MR) is 75.4 cm³/mol. The molecule has 5 nitrogen and oxygen atoms in total. The molecule has 1 unspecified atom stereocenters. The second-order valence-corrected chi connectivity index (χ2v) is 5.86. The summed E-state index contributed by atoms with van der Waals surface area (Å²) in [5, 5.41) is 8.56. The molecule has 1 aliphatic rings. The summed E-state index contributed by atoms with van der Waals surface area (Å²) in [7, 11) is 1.70. The van der Waals surface area contributed by atoms with Crippen molar-refractivity contribution in [2.75, 3.05) is 38.3 Å². The van der Waals surface area contributed by atoms with E-state index in [0.29, 0.717) is 5.92 Å². The first-order chi connectivity index (χ1) is 9.13. The van der Waals surface area contributed by atoms with Crippen LogP contribution in [0.5, 0.6) is 0 Å². The summed E-state index contributed by atoms with van der Waals surface area (Å²) >= 11 is 1.17. The maximum atomic E-state index is 12.0. The molecule has 1 aliphatic heterocycles. The molecule has 19 heavy (non-hydrogen) atoms. The molecule has 1 heterocycles. The fraction of sp³-hybridized carbons (Fsp3) is 0.846. The molecular weight excluding hydrogens is 266 g/mol. The minimum absolute atomic E-state index is 0.00726. The Morgan fingerprint density at radius 1 is 1.37 bits per heavy atom. The second-order valence-electron chi connectivity index (χ2n) is 4.87. The van der Waals surface area contributed by atoms with Crippen molar-refractivity contribution in [3.8, 4) is 0 Å². The van der Waals surface area contributed by atoms with E-state index in [1.165, 1.54) is 11.8 Å². The lowest BCUT2D eigenvalue weighted by Gasteiger charge is -2.24. The highest BCUT2D eigenvalue weighted by atomic mass is 32.2. The Kier molecular flexibility index (Phi) is 7.90. The number of rotatable bonds is 7. The molecule has 0 bridgehead atoms. The molecule has 0 spiro atoms. The SMILES string of the molecule is COCCC1CCCCN(C(=O)CSCC(=O)O)C1. The number of carboxylic acids is 1. The maximum absolute atomic E-state index is 12.0. The first-order valence-corrected chi connectivity index (χ1v) is 7.85. The molecule has 0 aromatic carbocycles. The molecule has 1 amide bonds. The highest BCUT2D eigenvalue weighted by Gasteiger charge is 2.21. The third-order valence-electron chi connectivity index (χ3n) is 3.30. The fourth-order valence-electron chi connectivity index (χ4n) is 2.29. The number of methoxy groups -OCH3 is 1. The second kappa shape index (κ2) is 9.20. The van der Waals surface area contributed by atoms with Gasteiger partial charge in [0, 0.05) is 26.8 Å². The predicted octanol–water partition coefficient (Wildman–Crippen LogP) is 1.47. The summed E-state index contributed by atoms with van der Waals surface area (Å²) in [5.74, 6) is -0.0335. The summed E-state index contributed by atoms with van der Waals surface area (Å²) in [5.41, 5.74) is 0. The number of aliphatic carboxylic acids is 1. The molecule has 0 saturated carbocycles. The van der Waals surface area contributed by atoms with E-state index in [4.69, 9.17) is 9.84 Å². The van der Waals surface area contributed by atoms with Gasteiger partial charge in [-0.25, -0.2) is 0 Å². The van der Waals surface area contributed by atoms with Gasteiger partial charge in [0.05, 0.1) is 11.5 Å². The largest absolute Gasteiger partial charge is 0.481 e. The molecule has 1 saturated heterocycles. The standard InChI is InChI=1S/C13H23NO4S/c1-18-7-5-11-4-2-3-6-14(8-11)12(15)9-19-10-13(16)17/h11H,2-10H2,1H3,(H,16,17). The molecule has 0 radical (unpaired) electrons. The average Bonchev–Trinajstić information content (AvgIpc) is 2.61. The van der Waals surface area contributed by atoms with Crippen molar-refractivity contribution in [3.63, 3.8) is 0 Å². The van der Waals surface area contributed by atoms with E-state index in [-0.39, 0.29) is 17.4 Å². The third-order valence-corrected chi connectivity index (χ3v) is 4.21. The normalized spacial score (nSPS) is 20.1. The van der Waals surface area contributed by atoms with Crippen molar-refractivity contribution in [2.24, 2.45) is 5.92 Å². The number of amides is 1. The Hall–Kier alpha value is -0.750. The van der Waals surface area contributed by atoms with Gasteiger partial charge in [-0.15, -0.1) is 11.8 Å². The van der Waals surface area contributed by atoms with E-state index in [0.717, 1.165) is 45.4 Å². The molecule has 1 N–H and O–H groups in total. The summed E-state index contributed by atoms with van der Waals surface area (Å²) in [4.78, 5) is 24.3. The van der Waals surface area contributed by atoms with Crippen LogP contribution >= 0.6 is 11.8 Å². The minimum atomic E-state index is -0.869. The highest BCUT2D eigenvalue weighted by Crippen LogP contribution is 2.20. The Labute approximate surface area is 118 Å². The van der Waals surface area contributed by atoms with Gasteiger partial charge in [0.25, 0.3) is 0 Å². The number of hydrogen-bond acceptors (Lipinski definition) is 4. The zero-order chi connectivity index (χ0) is 14.1. The summed E-state index contributed by atoms with van der Waals surface area (Å²) < 4.78 is 5.10. The van der Waals surface area contributed by atoms with E-state index in [1.807, 2.05) is 4.90 Å². The van der Waals surface area contributed by atoms with Crippen molar-refractivity contribution < 1.29 is 19.4 Å². The van der Waals surface area contributed by atoms with Crippen LogP contribution in [0.3, 0.4) is 0 Å². The lowest BCUT2D eigenvalue weighted by atomic mass is 10.0.